The summed E-state index contributed by atoms with van der Waals surface area (Å²) in [6, 6.07) is 0. The highest BCUT2D eigenvalue weighted by atomic mass is 16.5. The highest BCUT2D eigenvalue weighted by Gasteiger charge is 2.32. The molecule has 0 heterocycles. The molecule has 5 heteroatoms. The van der Waals surface area contributed by atoms with Crippen molar-refractivity contribution in [2.24, 2.45) is 5.92 Å². The summed E-state index contributed by atoms with van der Waals surface area (Å²) in [7, 11) is 5.81. The number of likely N-dealkylation sites (N-methyl/N-ethyl adjacent to an activating group) is 1. The first kappa shape index (κ1) is 14.7. The number of hydrogen-bond donors (Lipinski definition) is 1. The van der Waals surface area contributed by atoms with Gasteiger partial charge in [-0.1, -0.05) is 12.2 Å². The number of nitrogens with zero attached hydrogens (tertiary/aromatic N) is 1. The van der Waals surface area contributed by atoms with E-state index in [9.17, 15) is 9.59 Å². The van der Waals surface area contributed by atoms with E-state index >= 15 is 0 Å². The molecular formula is C13H22NO4+. The Balaban J connectivity index is 2.46. The van der Waals surface area contributed by atoms with Gasteiger partial charge in [0.15, 0.2) is 6.10 Å². The van der Waals surface area contributed by atoms with Gasteiger partial charge in [-0.25, -0.2) is 0 Å². The molecule has 0 aliphatic heterocycles. The number of hydrogen-bond acceptors (Lipinski definition) is 3. The SMILES string of the molecule is C=C1CC1CC(=O)O[C@H](CC(=O)O)C[N+](C)(C)C. The second kappa shape index (κ2) is 5.52. The lowest BCUT2D eigenvalue weighted by Crippen LogP contribution is -2.43. The quantitative estimate of drug-likeness (QED) is 0.420. The largest absolute Gasteiger partial charge is 0.481 e. The number of ether oxygens (including phenoxy) is 1. The van der Waals surface area contributed by atoms with Crippen LogP contribution in [-0.2, 0) is 14.3 Å². The lowest BCUT2D eigenvalue weighted by atomic mass is 10.2. The van der Waals surface area contributed by atoms with Crippen LogP contribution in [0.5, 0.6) is 0 Å². The fraction of sp³-hybridized carbons (Fsp3) is 0.692. The molecule has 1 rings (SSSR count). The van der Waals surface area contributed by atoms with Crippen molar-refractivity contribution in [1.82, 2.24) is 0 Å². The van der Waals surface area contributed by atoms with Crippen LogP contribution in [0.4, 0.5) is 0 Å². The van der Waals surface area contributed by atoms with Crippen molar-refractivity contribution in [2.45, 2.75) is 25.4 Å². The molecule has 0 aromatic rings. The predicted octanol–water partition coefficient (Wildman–Crippen LogP) is 1.05. The van der Waals surface area contributed by atoms with Gasteiger partial charge in [0.05, 0.1) is 34.0 Å². The molecule has 102 valence electrons. The third-order valence-corrected chi connectivity index (χ3v) is 2.79. The first-order valence-electron chi connectivity index (χ1n) is 6.07. The highest BCUT2D eigenvalue weighted by Crippen LogP contribution is 2.38. The Morgan fingerprint density at radius 2 is 2.06 bits per heavy atom. The molecule has 0 spiro atoms. The maximum absolute atomic E-state index is 11.7. The summed E-state index contributed by atoms with van der Waals surface area (Å²) < 4.78 is 5.82. The monoisotopic (exact) mass is 256 g/mol. The lowest BCUT2D eigenvalue weighted by molar-refractivity contribution is -0.873. The second-order valence-corrected chi connectivity index (χ2v) is 5.95. The maximum Gasteiger partial charge on any atom is 0.307 e. The van der Waals surface area contributed by atoms with E-state index in [1.807, 2.05) is 21.1 Å². The molecular weight excluding hydrogens is 234 g/mol. The molecule has 18 heavy (non-hydrogen) atoms. The van der Waals surface area contributed by atoms with Gasteiger partial charge in [0.2, 0.25) is 0 Å². The topological polar surface area (TPSA) is 63.6 Å². The second-order valence-electron chi connectivity index (χ2n) is 5.95. The summed E-state index contributed by atoms with van der Waals surface area (Å²) >= 11 is 0. The fourth-order valence-corrected chi connectivity index (χ4v) is 1.86. The molecule has 1 unspecified atom stereocenters. The van der Waals surface area contributed by atoms with Crippen molar-refractivity contribution in [3.63, 3.8) is 0 Å². The van der Waals surface area contributed by atoms with Crippen LogP contribution in [-0.4, -0.2) is 55.3 Å². The third kappa shape index (κ3) is 5.82. The summed E-state index contributed by atoms with van der Waals surface area (Å²) in [6.45, 7) is 4.27. The Morgan fingerprint density at radius 1 is 1.50 bits per heavy atom. The standard InChI is InChI=1S/C13H21NO4/c1-9-5-10(9)6-13(17)18-11(7-12(15)16)8-14(2,3)4/h10-11H,1,5-8H2,2-4H3/p+1/t10?,11-/m1/s1. The van der Waals surface area contributed by atoms with Crippen molar-refractivity contribution in [3.05, 3.63) is 12.2 Å². The Morgan fingerprint density at radius 3 is 2.44 bits per heavy atom. The zero-order valence-corrected chi connectivity index (χ0v) is 11.3. The fourth-order valence-electron chi connectivity index (χ4n) is 1.86. The number of carboxylic acids is 1. The molecule has 1 saturated carbocycles. The van der Waals surface area contributed by atoms with Crippen molar-refractivity contribution in [2.75, 3.05) is 27.7 Å². The van der Waals surface area contributed by atoms with Gasteiger partial charge in [0, 0.05) is 0 Å². The van der Waals surface area contributed by atoms with E-state index in [2.05, 4.69) is 6.58 Å². The van der Waals surface area contributed by atoms with Crippen LogP contribution in [0, 0.1) is 5.92 Å². The minimum absolute atomic E-state index is 0.146. The van der Waals surface area contributed by atoms with Crippen LogP contribution in [0.15, 0.2) is 12.2 Å². The maximum atomic E-state index is 11.7. The molecule has 5 nitrogen and oxygen atoms in total. The first-order valence-corrected chi connectivity index (χ1v) is 6.07. The Kier molecular flexibility index (Phi) is 4.51. The number of carbonyl (C=O) groups is 2. The number of quaternary nitrogens is 1. The third-order valence-electron chi connectivity index (χ3n) is 2.79. The molecule has 1 N–H and O–H groups in total. The smallest absolute Gasteiger partial charge is 0.307 e. The van der Waals surface area contributed by atoms with E-state index in [4.69, 9.17) is 9.84 Å². The average molecular weight is 256 g/mol. The number of rotatable bonds is 7. The Labute approximate surface area is 108 Å². The van der Waals surface area contributed by atoms with Crippen molar-refractivity contribution in [1.29, 1.82) is 0 Å². The zero-order chi connectivity index (χ0) is 13.9. The number of esters is 1. The zero-order valence-electron chi connectivity index (χ0n) is 11.3. The minimum atomic E-state index is -0.947. The molecule has 1 fully saturated rings. The van der Waals surface area contributed by atoms with E-state index in [0.29, 0.717) is 17.4 Å². The van der Waals surface area contributed by atoms with Crippen molar-refractivity contribution >= 4 is 11.9 Å². The Hall–Kier alpha value is -1.36. The van der Waals surface area contributed by atoms with Crippen molar-refractivity contribution < 1.29 is 23.9 Å². The number of aliphatic carboxylic acids is 1. The van der Waals surface area contributed by atoms with Gasteiger partial charge < -0.3 is 14.3 Å². The Bertz CT molecular complexity index is 356. The molecule has 1 aliphatic carbocycles. The van der Waals surface area contributed by atoms with Gasteiger partial charge in [-0.3, -0.25) is 9.59 Å². The summed E-state index contributed by atoms with van der Waals surface area (Å²) in [5.74, 6) is -1.03. The molecule has 0 saturated heterocycles. The molecule has 0 aromatic heterocycles. The van der Waals surface area contributed by atoms with E-state index in [-0.39, 0.29) is 18.3 Å². The van der Waals surface area contributed by atoms with E-state index in [1.165, 1.54) is 0 Å². The molecule has 0 amide bonds. The van der Waals surface area contributed by atoms with E-state index in [0.717, 1.165) is 12.0 Å². The van der Waals surface area contributed by atoms with Gasteiger partial charge in [-0.2, -0.15) is 0 Å². The molecule has 0 bridgehead atoms. The van der Waals surface area contributed by atoms with Crippen LogP contribution in [0.3, 0.4) is 0 Å². The van der Waals surface area contributed by atoms with Crippen LogP contribution >= 0.6 is 0 Å². The normalized spacial score (nSPS) is 20.4. The minimum Gasteiger partial charge on any atom is -0.481 e. The predicted molar refractivity (Wildman–Crippen MR) is 66.9 cm³/mol. The molecule has 0 radical (unpaired) electrons. The molecule has 0 aromatic carbocycles. The highest BCUT2D eigenvalue weighted by molar-refractivity contribution is 5.72. The number of carboxylic acid groups (broad SMARTS) is 1. The number of carbonyl (C=O) groups excluding carboxylic acids is 1. The summed E-state index contributed by atoms with van der Waals surface area (Å²) in [5.41, 5.74) is 1.08. The first-order chi connectivity index (χ1) is 8.17. The number of allylic oxidation sites excluding steroid dienone is 1. The van der Waals surface area contributed by atoms with Crippen LogP contribution in [0.2, 0.25) is 0 Å². The van der Waals surface area contributed by atoms with Crippen LogP contribution < -0.4 is 0 Å². The van der Waals surface area contributed by atoms with Gasteiger partial charge in [0.25, 0.3) is 0 Å². The van der Waals surface area contributed by atoms with E-state index < -0.39 is 12.1 Å². The van der Waals surface area contributed by atoms with Crippen LogP contribution in [0.1, 0.15) is 19.3 Å². The van der Waals surface area contributed by atoms with Gasteiger partial charge in [-0.05, 0) is 12.3 Å². The summed E-state index contributed by atoms with van der Waals surface area (Å²) in [5, 5.41) is 8.82. The average Bonchev–Trinajstić information content (AvgIpc) is 2.75. The summed E-state index contributed by atoms with van der Waals surface area (Å²) in [4.78, 5) is 22.4. The summed E-state index contributed by atoms with van der Waals surface area (Å²) in [6.07, 6.45) is 0.495. The van der Waals surface area contributed by atoms with Gasteiger partial charge in [-0.15, -0.1) is 0 Å². The van der Waals surface area contributed by atoms with E-state index in [1.54, 1.807) is 0 Å². The van der Waals surface area contributed by atoms with Gasteiger partial charge in [0.1, 0.15) is 6.54 Å². The van der Waals surface area contributed by atoms with Crippen molar-refractivity contribution in [3.8, 4) is 0 Å². The van der Waals surface area contributed by atoms with Crippen LogP contribution in [0.25, 0.3) is 0 Å². The molecule has 2 atom stereocenters. The lowest BCUT2D eigenvalue weighted by Gasteiger charge is -2.28. The molecule has 1 aliphatic rings. The van der Waals surface area contributed by atoms with Gasteiger partial charge >= 0.3 is 11.9 Å².